The summed E-state index contributed by atoms with van der Waals surface area (Å²) >= 11 is 0. The van der Waals surface area contributed by atoms with Crippen LogP contribution in [0.3, 0.4) is 0 Å². The van der Waals surface area contributed by atoms with Crippen molar-refractivity contribution in [3.63, 3.8) is 0 Å². The van der Waals surface area contributed by atoms with E-state index in [-0.39, 0.29) is 24.2 Å². The van der Waals surface area contributed by atoms with Crippen molar-refractivity contribution < 1.29 is 9.59 Å². The SMILES string of the molecule is CC(=O)Cn1nnnc1NC(C)=O. The smallest absolute Gasteiger partial charge is 0.249 e. The predicted octanol–water partition coefficient (Wildman–Crippen LogP) is -0.780. The third-order valence-corrected chi connectivity index (χ3v) is 1.19. The molecule has 13 heavy (non-hydrogen) atoms. The van der Waals surface area contributed by atoms with Gasteiger partial charge in [-0.1, -0.05) is 5.10 Å². The number of aromatic nitrogens is 4. The molecule has 0 unspecified atom stereocenters. The van der Waals surface area contributed by atoms with E-state index in [1.165, 1.54) is 18.5 Å². The van der Waals surface area contributed by atoms with Crippen molar-refractivity contribution in [1.29, 1.82) is 0 Å². The molecule has 70 valence electrons. The van der Waals surface area contributed by atoms with Crippen molar-refractivity contribution in [3.8, 4) is 0 Å². The van der Waals surface area contributed by atoms with Gasteiger partial charge in [0.2, 0.25) is 11.9 Å². The first-order valence-electron chi connectivity index (χ1n) is 3.63. The number of carbonyl (C=O) groups excluding carboxylic acids is 2. The second-order valence-corrected chi connectivity index (χ2v) is 2.54. The van der Waals surface area contributed by atoms with Crippen LogP contribution in [-0.2, 0) is 16.1 Å². The quantitative estimate of drug-likeness (QED) is 0.663. The Morgan fingerprint density at radius 1 is 1.46 bits per heavy atom. The van der Waals surface area contributed by atoms with Crippen LogP contribution in [-0.4, -0.2) is 31.9 Å². The van der Waals surface area contributed by atoms with Crippen molar-refractivity contribution in [2.24, 2.45) is 0 Å². The number of tetrazole rings is 1. The second-order valence-electron chi connectivity index (χ2n) is 2.54. The fourth-order valence-corrected chi connectivity index (χ4v) is 0.769. The highest BCUT2D eigenvalue weighted by Gasteiger charge is 2.07. The Morgan fingerprint density at radius 3 is 2.69 bits per heavy atom. The number of hydrogen-bond donors (Lipinski definition) is 1. The lowest BCUT2D eigenvalue weighted by Gasteiger charge is -2.00. The average Bonchev–Trinajstić information content (AvgIpc) is 2.34. The van der Waals surface area contributed by atoms with Gasteiger partial charge in [-0.25, -0.2) is 4.68 Å². The lowest BCUT2D eigenvalue weighted by atomic mass is 10.4. The van der Waals surface area contributed by atoms with Crippen LogP contribution in [0, 0.1) is 0 Å². The molecule has 1 N–H and O–H groups in total. The molecule has 0 aliphatic rings. The Balaban J connectivity index is 2.76. The maximum atomic E-state index is 10.7. The Kier molecular flexibility index (Phi) is 2.68. The average molecular weight is 183 g/mol. The minimum absolute atomic E-state index is 0.0581. The van der Waals surface area contributed by atoms with E-state index in [0.717, 1.165) is 0 Å². The third-order valence-electron chi connectivity index (χ3n) is 1.19. The number of rotatable bonds is 3. The van der Waals surface area contributed by atoms with Crippen molar-refractivity contribution in [2.45, 2.75) is 20.4 Å². The number of nitrogens with zero attached hydrogens (tertiary/aromatic N) is 4. The molecule has 0 aliphatic heterocycles. The standard InChI is InChI=1S/C6H9N5O2/c1-4(12)3-11-6(7-5(2)13)8-9-10-11/h3H2,1-2H3,(H,7,8,10,13). The van der Waals surface area contributed by atoms with Crippen LogP contribution < -0.4 is 5.32 Å². The highest BCUT2D eigenvalue weighted by molar-refractivity contribution is 5.86. The van der Waals surface area contributed by atoms with Crippen LogP contribution in [0.5, 0.6) is 0 Å². The zero-order valence-corrected chi connectivity index (χ0v) is 7.31. The molecular weight excluding hydrogens is 174 g/mol. The summed E-state index contributed by atoms with van der Waals surface area (Å²) in [5, 5.41) is 12.8. The molecule has 0 fully saturated rings. The van der Waals surface area contributed by atoms with E-state index in [4.69, 9.17) is 0 Å². The maximum Gasteiger partial charge on any atom is 0.249 e. The Labute approximate surface area is 74.1 Å². The highest BCUT2D eigenvalue weighted by Crippen LogP contribution is 1.98. The van der Waals surface area contributed by atoms with Gasteiger partial charge in [0, 0.05) is 6.92 Å². The van der Waals surface area contributed by atoms with Gasteiger partial charge in [0.05, 0.1) is 0 Å². The van der Waals surface area contributed by atoms with Crippen LogP contribution >= 0.6 is 0 Å². The van der Waals surface area contributed by atoms with Crippen LogP contribution in [0.25, 0.3) is 0 Å². The van der Waals surface area contributed by atoms with Crippen molar-refractivity contribution in [2.75, 3.05) is 5.32 Å². The number of ketones is 1. The molecule has 0 aliphatic carbocycles. The van der Waals surface area contributed by atoms with Gasteiger partial charge in [0.15, 0.2) is 5.78 Å². The summed E-state index contributed by atoms with van der Waals surface area (Å²) in [6, 6.07) is 0. The van der Waals surface area contributed by atoms with Gasteiger partial charge in [-0.2, -0.15) is 0 Å². The van der Waals surface area contributed by atoms with Crippen molar-refractivity contribution in [3.05, 3.63) is 0 Å². The Hall–Kier alpha value is -1.79. The molecule has 1 rings (SSSR count). The molecule has 7 heteroatoms. The number of anilines is 1. The first kappa shape index (κ1) is 9.30. The Bertz CT molecular complexity index is 301. The summed E-state index contributed by atoms with van der Waals surface area (Å²) in [6.07, 6.45) is 0. The molecule has 0 spiro atoms. The van der Waals surface area contributed by atoms with Gasteiger partial charge < -0.3 is 0 Å². The highest BCUT2D eigenvalue weighted by atomic mass is 16.1. The number of hydrogen-bond acceptors (Lipinski definition) is 5. The fraction of sp³-hybridized carbons (Fsp3) is 0.500. The molecule has 1 aromatic rings. The van der Waals surface area contributed by atoms with Crippen LogP contribution in [0.15, 0.2) is 0 Å². The molecule has 1 amide bonds. The molecule has 0 saturated heterocycles. The topological polar surface area (TPSA) is 89.8 Å². The zero-order chi connectivity index (χ0) is 9.84. The van der Waals surface area contributed by atoms with E-state index >= 15 is 0 Å². The Morgan fingerprint density at radius 2 is 2.15 bits per heavy atom. The van der Waals surface area contributed by atoms with Gasteiger partial charge in [0.25, 0.3) is 0 Å². The van der Waals surface area contributed by atoms with E-state index in [2.05, 4.69) is 20.8 Å². The summed E-state index contributed by atoms with van der Waals surface area (Å²) < 4.78 is 1.23. The largest absolute Gasteiger partial charge is 0.298 e. The van der Waals surface area contributed by atoms with Gasteiger partial charge in [-0.3, -0.25) is 14.9 Å². The molecule has 1 heterocycles. The molecule has 1 aromatic heterocycles. The van der Waals surface area contributed by atoms with Crippen LogP contribution in [0.1, 0.15) is 13.8 Å². The van der Waals surface area contributed by atoms with Crippen molar-refractivity contribution in [1.82, 2.24) is 20.2 Å². The van der Waals surface area contributed by atoms with E-state index in [9.17, 15) is 9.59 Å². The molecule has 0 aromatic carbocycles. The summed E-state index contributed by atoms with van der Waals surface area (Å²) in [7, 11) is 0. The second kappa shape index (κ2) is 3.74. The van der Waals surface area contributed by atoms with Crippen LogP contribution in [0.2, 0.25) is 0 Å². The summed E-state index contributed by atoms with van der Waals surface area (Å²) in [6.45, 7) is 2.81. The number of Topliss-reactive ketones (excluding diaryl/α,β-unsaturated/α-hetero) is 1. The zero-order valence-electron chi connectivity index (χ0n) is 7.31. The molecule has 7 nitrogen and oxygen atoms in total. The fourth-order valence-electron chi connectivity index (χ4n) is 0.769. The van der Waals surface area contributed by atoms with Gasteiger partial charge in [0.1, 0.15) is 6.54 Å². The minimum atomic E-state index is -0.278. The van der Waals surface area contributed by atoms with Gasteiger partial charge >= 0.3 is 0 Å². The molecule has 0 bridgehead atoms. The van der Waals surface area contributed by atoms with E-state index < -0.39 is 0 Å². The van der Waals surface area contributed by atoms with Crippen LogP contribution in [0.4, 0.5) is 5.95 Å². The van der Waals surface area contributed by atoms with Crippen molar-refractivity contribution >= 4 is 17.6 Å². The molecule has 0 radical (unpaired) electrons. The predicted molar refractivity (Wildman–Crippen MR) is 42.8 cm³/mol. The molecular formula is C6H9N5O2. The monoisotopic (exact) mass is 183 g/mol. The maximum absolute atomic E-state index is 10.7. The molecule has 0 saturated carbocycles. The third kappa shape index (κ3) is 2.62. The lowest BCUT2D eigenvalue weighted by molar-refractivity contribution is -0.118. The number of carbonyl (C=O) groups is 2. The number of amides is 1. The summed E-state index contributed by atoms with van der Waals surface area (Å²) in [5.74, 6) is -0.179. The number of nitrogens with one attached hydrogen (secondary N) is 1. The normalized spacial score (nSPS) is 9.69. The molecule has 0 atom stereocenters. The minimum Gasteiger partial charge on any atom is -0.298 e. The first-order chi connectivity index (χ1) is 6.09. The van der Waals surface area contributed by atoms with E-state index in [0.29, 0.717) is 0 Å². The van der Waals surface area contributed by atoms with E-state index in [1.807, 2.05) is 0 Å². The summed E-state index contributed by atoms with van der Waals surface area (Å²) in [5.41, 5.74) is 0. The lowest BCUT2D eigenvalue weighted by Crippen LogP contribution is -2.15. The first-order valence-corrected chi connectivity index (χ1v) is 3.63. The van der Waals surface area contributed by atoms with Gasteiger partial charge in [-0.05, 0) is 17.4 Å². The summed E-state index contributed by atoms with van der Waals surface area (Å²) in [4.78, 5) is 21.4. The van der Waals surface area contributed by atoms with Gasteiger partial charge in [-0.15, -0.1) is 0 Å². The van der Waals surface area contributed by atoms with E-state index in [1.54, 1.807) is 0 Å².